The molecule has 0 radical (unpaired) electrons. The van der Waals surface area contributed by atoms with Gasteiger partial charge < -0.3 is 14.6 Å². The third kappa shape index (κ3) is 4.06. The van der Waals surface area contributed by atoms with Gasteiger partial charge in [-0.05, 0) is 31.2 Å². The lowest BCUT2D eigenvalue weighted by atomic mass is 10.3. The van der Waals surface area contributed by atoms with E-state index in [-0.39, 0.29) is 12.5 Å². The van der Waals surface area contributed by atoms with E-state index in [1.165, 1.54) is 0 Å². The third-order valence-corrected chi connectivity index (χ3v) is 4.49. The Bertz CT molecular complexity index is 908. The van der Waals surface area contributed by atoms with E-state index in [1.807, 2.05) is 31.2 Å². The Balaban J connectivity index is 1.59. The number of amides is 1. The van der Waals surface area contributed by atoms with Crippen molar-refractivity contribution in [2.45, 2.75) is 20.0 Å². The molecule has 0 aliphatic carbocycles. The lowest BCUT2D eigenvalue weighted by molar-refractivity contribution is -0.123. The molecule has 130 valence electrons. The van der Waals surface area contributed by atoms with Gasteiger partial charge in [0, 0.05) is 12.6 Å². The number of nitrogens with zero attached hydrogens (tertiary/aromatic N) is 2. The Morgan fingerprint density at radius 3 is 2.76 bits per heavy atom. The highest BCUT2D eigenvalue weighted by atomic mass is 35.5. The minimum atomic E-state index is -0.235. The van der Waals surface area contributed by atoms with E-state index in [4.69, 9.17) is 27.9 Å². The molecule has 0 saturated heterocycles. The molecule has 25 heavy (non-hydrogen) atoms. The van der Waals surface area contributed by atoms with Crippen LogP contribution in [0, 0.1) is 0 Å². The van der Waals surface area contributed by atoms with Gasteiger partial charge in [0.15, 0.2) is 6.61 Å². The van der Waals surface area contributed by atoms with Crippen molar-refractivity contribution in [3.63, 3.8) is 0 Å². The first-order valence-electron chi connectivity index (χ1n) is 7.87. The first-order chi connectivity index (χ1) is 12.1. The zero-order chi connectivity index (χ0) is 17.8. The number of benzene rings is 2. The van der Waals surface area contributed by atoms with E-state index in [9.17, 15) is 4.79 Å². The quantitative estimate of drug-likeness (QED) is 0.704. The van der Waals surface area contributed by atoms with Crippen LogP contribution in [0.1, 0.15) is 12.7 Å². The molecule has 0 bridgehead atoms. The largest absolute Gasteiger partial charge is 0.484 e. The number of carbonyl (C=O) groups is 1. The summed E-state index contributed by atoms with van der Waals surface area (Å²) in [4.78, 5) is 16.6. The average Bonchev–Trinajstić information content (AvgIpc) is 2.98. The fourth-order valence-electron chi connectivity index (χ4n) is 2.56. The summed E-state index contributed by atoms with van der Waals surface area (Å²) in [5, 5.41) is 3.65. The van der Waals surface area contributed by atoms with E-state index in [1.54, 1.807) is 18.2 Å². The number of carbonyl (C=O) groups excluding carboxylic acids is 1. The molecule has 0 fully saturated rings. The van der Waals surface area contributed by atoms with Crippen LogP contribution in [0.2, 0.25) is 10.0 Å². The fraction of sp³-hybridized carbons (Fsp3) is 0.222. The number of hydrogen-bond donors (Lipinski definition) is 1. The predicted molar refractivity (Wildman–Crippen MR) is 99.2 cm³/mol. The number of imidazole rings is 1. The van der Waals surface area contributed by atoms with Crippen LogP contribution in [0.5, 0.6) is 5.75 Å². The number of nitrogens with one attached hydrogen (secondary N) is 1. The Morgan fingerprint density at radius 2 is 2.00 bits per heavy atom. The normalized spacial score (nSPS) is 10.8. The number of ether oxygens (including phenoxy) is 1. The van der Waals surface area contributed by atoms with Crippen LogP contribution in [-0.2, 0) is 17.9 Å². The molecule has 1 N–H and O–H groups in total. The summed E-state index contributed by atoms with van der Waals surface area (Å²) in [7, 11) is 0. The maximum absolute atomic E-state index is 12.0. The van der Waals surface area contributed by atoms with Crippen molar-refractivity contribution in [2.75, 3.05) is 6.61 Å². The second-order valence-corrected chi connectivity index (χ2v) is 6.22. The van der Waals surface area contributed by atoms with Crippen molar-refractivity contribution >= 4 is 40.1 Å². The highest BCUT2D eigenvalue weighted by molar-refractivity contribution is 6.42. The van der Waals surface area contributed by atoms with Gasteiger partial charge in [-0.2, -0.15) is 0 Å². The van der Waals surface area contributed by atoms with Crippen LogP contribution >= 0.6 is 23.2 Å². The zero-order valence-corrected chi connectivity index (χ0v) is 15.1. The van der Waals surface area contributed by atoms with Gasteiger partial charge in [-0.3, -0.25) is 4.79 Å². The maximum Gasteiger partial charge on any atom is 0.258 e. The minimum Gasteiger partial charge on any atom is -0.484 e. The summed E-state index contributed by atoms with van der Waals surface area (Å²) in [6, 6.07) is 12.8. The number of para-hydroxylation sites is 2. The monoisotopic (exact) mass is 377 g/mol. The SMILES string of the molecule is CCn1c(CNC(=O)COc2ccc(Cl)c(Cl)c2)nc2ccccc21. The van der Waals surface area contributed by atoms with Gasteiger partial charge in [0.25, 0.3) is 5.91 Å². The summed E-state index contributed by atoms with van der Waals surface area (Å²) in [6.07, 6.45) is 0. The molecule has 3 aromatic rings. The molecule has 7 heteroatoms. The van der Waals surface area contributed by atoms with Crippen molar-refractivity contribution in [3.8, 4) is 5.75 Å². The van der Waals surface area contributed by atoms with Crippen LogP contribution in [0.15, 0.2) is 42.5 Å². The first-order valence-corrected chi connectivity index (χ1v) is 8.62. The first kappa shape index (κ1) is 17.6. The van der Waals surface area contributed by atoms with Crippen molar-refractivity contribution in [1.29, 1.82) is 0 Å². The highest BCUT2D eigenvalue weighted by Gasteiger charge is 2.11. The molecule has 0 spiro atoms. The lowest BCUT2D eigenvalue weighted by Gasteiger charge is -2.09. The molecule has 3 rings (SSSR count). The van der Waals surface area contributed by atoms with Gasteiger partial charge in [0.1, 0.15) is 11.6 Å². The Labute approximate surface area is 155 Å². The minimum absolute atomic E-state index is 0.107. The Morgan fingerprint density at radius 1 is 1.20 bits per heavy atom. The van der Waals surface area contributed by atoms with Crippen molar-refractivity contribution < 1.29 is 9.53 Å². The standard InChI is InChI=1S/C18H17Cl2N3O2/c1-2-23-16-6-4-3-5-15(16)22-17(23)10-21-18(24)11-25-12-7-8-13(19)14(20)9-12/h3-9H,2,10-11H2,1H3,(H,21,24). The Hall–Kier alpha value is -2.24. The number of hydrogen-bond acceptors (Lipinski definition) is 3. The van der Waals surface area contributed by atoms with Crippen molar-refractivity contribution in [1.82, 2.24) is 14.9 Å². The van der Waals surface area contributed by atoms with Gasteiger partial charge in [0.05, 0.1) is 27.6 Å². The summed E-state index contributed by atoms with van der Waals surface area (Å²) < 4.78 is 7.50. The fourth-order valence-corrected chi connectivity index (χ4v) is 2.85. The number of aromatic nitrogens is 2. The molecular weight excluding hydrogens is 361 g/mol. The average molecular weight is 378 g/mol. The molecule has 0 saturated carbocycles. The molecule has 2 aromatic carbocycles. The molecule has 0 unspecified atom stereocenters. The van der Waals surface area contributed by atoms with Crippen LogP contribution in [0.3, 0.4) is 0 Å². The Kier molecular flexibility index (Phi) is 5.46. The second kappa shape index (κ2) is 7.76. The van der Waals surface area contributed by atoms with E-state index >= 15 is 0 Å². The summed E-state index contributed by atoms with van der Waals surface area (Å²) in [6.45, 7) is 3.06. The number of halogens is 2. The topological polar surface area (TPSA) is 56.2 Å². The number of aryl methyl sites for hydroxylation is 1. The van der Waals surface area contributed by atoms with E-state index in [0.717, 1.165) is 23.4 Å². The molecule has 0 aliphatic heterocycles. The predicted octanol–water partition coefficient (Wildman–Crippen LogP) is 4.06. The number of fused-ring (bicyclic) bond motifs is 1. The van der Waals surface area contributed by atoms with Crippen molar-refractivity contribution in [3.05, 3.63) is 58.3 Å². The van der Waals surface area contributed by atoms with E-state index in [0.29, 0.717) is 22.3 Å². The molecular formula is C18H17Cl2N3O2. The number of rotatable bonds is 6. The van der Waals surface area contributed by atoms with Gasteiger partial charge >= 0.3 is 0 Å². The third-order valence-electron chi connectivity index (χ3n) is 3.75. The summed E-state index contributed by atoms with van der Waals surface area (Å²) >= 11 is 11.8. The maximum atomic E-state index is 12.0. The molecule has 1 aromatic heterocycles. The van der Waals surface area contributed by atoms with Crippen LogP contribution < -0.4 is 10.1 Å². The van der Waals surface area contributed by atoms with Gasteiger partial charge in [-0.25, -0.2) is 4.98 Å². The molecule has 1 heterocycles. The summed E-state index contributed by atoms with van der Waals surface area (Å²) in [5.41, 5.74) is 1.97. The van der Waals surface area contributed by atoms with E-state index < -0.39 is 0 Å². The molecule has 0 atom stereocenters. The summed E-state index contributed by atoms with van der Waals surface area (Å²) in [5.74, 6) is 1.07. The molecule has 0 aliphatic rings. The lowest BCUT2D eigenvalue weighted by Crippen LogP contribution is -2.29. The smallest absolute Gasteiger partial charge is 0.258 e. The zero-order valence-electron chi connectivity index (χ0n) is 13.6. The van der Waals surface area contributed by atoms with Crippen molar-refractivity contribution in [2.24, 2.45) is 0 Å². The highest BCUT2D eigenvalue weighted by Crippen LogP contribution is 2.26. The van der Waals surface area contributed by atoms with Gasteiger partial charge in [0.2, 0.25) is 0 Å². The van der Waals surface area contributed by atoms with Gasteiger partial charge in [-0.1, -0.05) is 35.3 Å². The van der Waals surface area contributed by atoms with Crippen LogP contribution in [0.4, 0.5) is 0 Å². The van der Waals surface area contributed by atoms with E-state index in [2.05, 4.69) is 14.9 Å². The molecule has 1 amide bonds. The van der Waals surface area contributed by atoms with Gasteiger partial charge in [-0.15, -0.1) is 0 Å². The van der Waals surface area contributed by atoms with Crippen LogP contribution in [-0.4, -0.2) is 22.1 Å². The molecule has 5 nitrogen and oxygen atoms in total. The van der Waals surface area contributed by atoms with Crippen LogP contribution in [0.25, 0.3) is 11.0 Å². The second-order valence-electron chi connectivity index (χ2n) is 5.40.